The van der Waals surface area contributed by atoms with Gasteiger partial charge in [0, 0.05) is 29.6 Å². The van der Waals surface area contributed by atoms with E-state index in [2.05, 4.69) is 22.2 Å². The lowest BCUT2D eigenvalue weighted by Gasteiger charge is -2.38. The highest BCUT2D eigenvalue weighted by Gasteiger charge is 2.38. The van der Waals surface area contributed by atoms with Gasteiger partial charge in [-0.25, -0.2) is 0 Å². The van der Waals surface area contributed by atoms with Gasteiger partial charge in [0.25, 0.3) is 5.78 Å². The third kappa shape index (κ3) is 3.40. The molecule has 0 amide bonds. The molecule has 7 heteroatoms. The van der Waals surface area contributed by atoms with Crippen LogP contribution in [0.4, 0.5) is 11.5 Å². The molecule has 1 aliphatic carbocycles. The molecule has 1 aliphatic rings. The summed E-state index contributed by atoms with van der Waals surface area (Å²) in [7, 11) is 1.96. The average molecular weight is 432 g/mol. The van der Waals surface area contributed by atoms with Crippen molar-refractivity contribution in [1.29, 1.82) is 0 Å². The summed E-state index contributed by atoms with van der Waals surface area (Å²) in [6.45, 7) is 0. The molecule has 5 rings (SSSR count). The Hall–Kier alpha value is -3.14. The average Bonchev–Trinajstić information content (AvgIpc) is 3.20. The molecule has 2 aromatic carbocycles. The van der Waals surface area contributed by atoms with Gasteiger partial charge in [-0.05, 0) is 54.7 Å². The highest BCUT2D eigenvalue weighted by molar-refractivity contribution is 6.31. The first-order valence-electron chi connectivity index (χ1n) is 10.3. The van der Waals surface area contributed by atoms with Crippen molar-refractivity contribution in [2.45, 2.75) is 31.3 Å². The fourth-order valence-electron chi connectivity index (χ4n) is 4.29. The number of rotatable bonds is 5. The predicted octanol–water partition coefficient (Wildman–Crippen LogP) is 4.41. The van der Waals surface area contributed by atoms with Crippen molar-refractivity contribution in [2.24, 2.45) is 5.92 Å². The van der Waals surface area contributed by atoms with Gasteiger partial charge in [0.15, 0.2) is 0 Å². The van der Waals surface area contributed by atoms with E-state index in [-0.39, 0.29) is 5.92 Å². The van der Waals surface area contributed by atoms with Crippen LogP contribution in [0.15, 0.2) is 48.8 Å². The van der Waals surface area contributed by atoms with Gasteiger partial charge < -0.3 is 10.0 Å². The molecule has 0 spiro atoms. The number of aliphatic hydroxyl groups is 1. The van der Waals surface area contributed by atoms with Crippen LogP contribution < -0.4 is 4.90 Å². The number of terminal acetylenes is 1. The van der Waals surface area contributed by atoms with E-state index in [9.17, 15) is 5.11 Å². The van der Waals surface area contributed by atoms with Crippen LogP contribution in [0, 0.1) is 18.3 Å². The summed E-state index contributed by atoms with van der Waals surface area (Å²) in [5.74, 6) is 4.07. The summed E-state index contributed by atoms with van der Waals surface area (Å²) in [4.78, 5) is 6.74. The summed E-state index contributed by atoms with van der Waals surface area (Å²) in [6.07, 6.45) is 10.9. The van der Waals surface area contributed by atoms with E-state index < -0.39 is 5.60 Å². The van der Waals surface area contributed by atoms with Gasteiger partial charge in [-0.15, -0.1) is 16.6 Å². The van der Waals surface area contributed by atoms with Crippen molar-refractivity contribution in [1.82, 2.24) is 19.6 Å². The van der Waals surface area contributed by atoms with Crippen molar-refractivity contribution in [3.8, 4) is 12.3 Å². The second-order valence-electron chi connectivity index (χ2n) is 8.20. The lowest BCUT2D eigenvalue weighted by atomic mass is 9.71. The Labute approximate surface area is 185 Å². The Morgan fingerprint density at radius 1 is 1.29 bits per heavy atom. The highest BCUT2D eigenvalue weighted by atomic mass is 35.5. The number of hydrogen-bond acceptors (Lipinski definition) is 5. The van der Waals surface area contributed by atoms with Crippen LogP contribution in [-0.2, 0) is 6.42 Å². The quantitative estimate of drug-likeness (QED) is 0.474. The lowest BCUT2D eigenvalue weighted by molar-refractivity contribution is 0.000690. The summed E-state index contributed by atoms with van der Waals surface area (Å²) in [5.41, 5.74) is 1.72. The zero-order valence-corrected chi connectivity index (χ0v) is 17.9. The topological polar surface area (TPSA) is 66.5 Å². The number of hydrogen-bond donors (Lipinski definition) is 1. The molecule has 156 valence electrons. The van der Waals surface area contributed by atoms with Crippen LogP contribution in [0.25, 0.3) is 16.7 Å². The molecule has 6 nitrogen and oxygen atoms in total. The Kier molecular flexibility index (Phi) is 4.81. The van der Waals surface area contributed by atoms with Crippen LogP contribution in [0.2, 0.25) is 5.02 Å². The molecule has 2 heterocycles. The first kappa shape index (κ1) is 19.8. The molecular formula is C24H22ClN5O. The minimum Gasteiger partial charge on any atom is -0.377 e. The van der Waals surface area contributed by atoms with Crippen LogP contribution >= 0.6 is 11.6 Å². The smallest absolute Gasteiger partial charge is 0.257 e. The van der Waals surface area contributed by atoms with E-state index in [0.717, 1.165) is 47.2 Å². The fraction of sp³-hybridized carbons (Fsp3) is 0.292. The SMILES string of the molecule is C#CC(O)(Cc1cccc(N(C)c2nc3nncn3c3cc(Cl)ccc23)c1)C1CCC1. The predicted molar refractivity (Wildman–Crippen MR) is 123 cm³/mol. The molecule has 4 aromatic rings. The zero-order chi connectivity index (χ0) is 21.6. The van der Waals surface area contributed by atoms with Gasteiger partial charge in [-0.1, -0.05) is 36.1 Å². The van der Waals surface area contributed by atoms with E-state index in [0.29, 0.717) is 17.2 Å². The van der Waals surface area contributed by atoms with E-state index in [1.807, 2.05) is 52.7 Å². The number of benzene rings is 2. The summed E-state index contributed by atoms with van der Waals surface area (Å²) in [5, 5.41) is 20.7. The molecule has 1 fully saturated rings. The fourth-order valence-corrected chi connectivity index (χ4v) is 4.45. The highest BCUT2D eigenvalue weighted by Crippen LogP contribution is 2.38. The van der Waals surface area contributed by atoms with Gasteiger partial charge >= 0.3 is 0 Å². The van der Waals surface area contributed by atoms with E-state index in [1.165, 1.54) is 0 Å². The Morgan fingerprint density at radius 2 is 2.13 bits per heavy atom. The minimum absolute atomic E-state index is 0.171. The Bertz CT molecular complexity index is 1320. The van der Waals surface area contributed by atoms with Crippen molar-refractivity contribution >= 4 is 39.8 Å². The maximum absolute atomic E-state index is 11.0. The second-order valence-corrected chi connectivity index (χ2v) is 8.64. The Morgan fingerprint density at radius 3 is 2.87 bits per heavy atom. The summed E-state index contributed by atoms with van der Waals surface area (Å²) >= 11 is 6.25. The summed E-state index contributed by atoms with van der Waals surface area (Å²) < 4.78 is 1.82. The molecule has 0 radical (unpaired) electrons. The van der Waals surface area contributed by atoms with Crippen molar-refractivity contribution in [3.05, 3.63) is 59.4 Å². The van der Waals surface area contributed by atoms with Crippen LogP contribution in [0.5, 0.6) is 0 Å². The standard InChI is InChI=1S/C24H22ClN5O/c1-3-24(31,17-7-5-8-17)14-16-6-4-9-19(12-16)29(2)22-20-11-10-18(25)13-21(20)30-15-26-28-23(30)27-22/h1,4,6,9-13,15,17,31H,5,7-8,14H2,2H3. The minimum atomic E-state index is -1.10. The van der Waals surface area contributed by atoms with Gasteiger partial charge in [0.05, 0.1) is 5.52 Å². The van der Waals surface area contributed by atoms with Crippen molar-refractivity contribution < 1.29 is 5.11 Å². The normalized spacial score (nSPS) is 16.1. The number of nitrogens with zero attached hydrogens (tertiary/aromatic N) is 5. The largest absolute Gasteiger partial charge is 0.377 e. The molecule has 1 saturated carbocycles. The van der Waals surface area contributed by atoms with Crippen molar-refractivity contribution in [3.63, 3.8) is 0 Å². The van der Waals surface area contributed by atoms with Crippen LogP contribution in [-0.4, -0.2) is 37.3 Å². The van der Waals surface area contributed by atoms with Gasteiger partial charge in [-0.3, -0.25) is 4.40 Å². The second kappa shape index (κ2) is 7.52. The first-order valence-corrected chi connectivity index (χ1v) is 10.7. The third-order valence-electron chi connectivity index (χ3n) is 6.32. The number of anilines is 2. The molecule has 1 N–H and O–H groups in total. The molecule has 1 atom stereocenters. The monoisotopic (exact) mass is 431 g/mol. The molecule has 0 bridgehead atoms. The third-order valence-corrected chi connectivity index (χ3v) is 6.55. The molecule has 2 aromatic heterocycles. The maximum Gasteiger partial charge on any atom is 0.257 e. The number of aromatic nitrogens is 4. The van der Waals surface area contributed by atoms with Crippen molar-refractivity contribution in [2.75, 3.05) is 11.9 Å². The van der Waals surface area contributed by atoms with Gasteiger partial charge in [-0.2, -0.15) is 4.98 Å². The first-order chi connectivity index (χ1) is 15.0. The van der Waals surface area contributed by atoms with Crippen LogP contribution in [0.3, 0.4) is 0 Å². The van der Waals surface area contributed by atoms with E-state index >= 15 is 0 Å². The summed E-state index contributed by atoms with van der Waals surface area (Å²) in [6, 6.07) is 13.7. The van der Waals surface area contributed by atoms with E-state index in [1.54, 1.807) is 6.33 Å². The maximum atomic E-state index is 11.0. The molecule has 0 saturated heterocycles. The van der Waals surface area contributed by atoms with E-state index in [4.69, 9.17) is 23.0 Å². The number of halogens is 1. The van der Waals surface area contributed by atoms with Gasteiger partial charge in [0.2, 0.25) is 0 Å². The molecular weight excluding hydrogens is 410 g/mol. The lowest BCUT2D eigenvalue weighted by Crippen LogP contribution is -2.42. The van der Waals surface area contributed by atoms with Gasteiger partial charge in [0.1, 0.15) is 17.7 Å². The Balaban J connectivity index is 1.55. The number of fused-ring (bicyclic) bond motifs is 3. The molecule has 0 aliphatic heterocycles. The molecule has 1 unspecified atom stereocenters. The zero-order valence-electron chi connectivity index (χ0n) is 17.2. The molecule has 31 heavy (non-hydrogen) atoms. The van der Waals surface area contributed by atoms with Crippen LogP contribution in [0.1, 0.15) is 24.8 Å².